The molecule has 0 amide bonds. The molecule has 0 aromatic heterocycles. The molecule has 2 nitrogen and oxygen atoms in total. The summed E-state index contributed by atoms with van der Waals surface area (Å²) in [5, 5.41) is 21.3. The summed E-state index contributed by atoms with van der Waals surface area (Å²) in [5.41, 5.74) is 4.21. The molecule has 2 rings (SSSR count). The number of unbranched alkanes of at least 4 members (excludes halogenated alkanes) is 20. The van der Waals surface area contributed by atoms with Gasteiger partial charge in [0.1, 0.15) is 11.5 Å². The van der Waals surface area contributed by atoms with Crippen LogP contribution in [0.4, 0.5) is 0 Å². The maximum atomic E-state index is 10.7. The monoisotopic (exact) mass is 564 g/mol. The van der Waals surface area contributed by atoms with E-state index in [2.05, 4.69) is 26.0 Å². The predicted octanol–water partition coefficient (Wildman–Crippen LogP) is 12.4. The van der Waals surface area contributed by atoms with Crippen molar-refractivity contribution in [1.82, 2.24) is 0 Å². The molecule has 0 aliphatic heterocycles. The Hall–Kier alpha value is -1.96. The van der Waals surface area contributed by atoms with Gasteiger partial charge in [-0.1, -0.05) is 167 Å². The second-order valence-electron chi connectivity index (χ2n) is 12.7. The molecule has 2 aromatic rings. The lowest BCUT2D eigenvalue weighted by molar-refractivity contribution is 0.462. The molecule has 0 saturated heterocycles. The van der Waals surface area contributed by atoms with E-state index in [1.807, 2.05) is 24.3 Å². The number of aromatic hydroxyl groups is 2. The van der Waals surface area contributed by atoms with Gasteiger partial charge in [0.2, 0.25) is 0 Å². The first-order valence-corrected chi connectivity index (χ1v) is 17.8. The fourth-order valence-corrected chi connectivity index (χ4v) is 6.02. The number of hydrogen-bond acceptors (Lipinski definition) is 2. The molecular weight excluding hydrogens is 500 g/mol. The summed E-state index contributed by atoms with van der Waals surface area (Å²) in [6, 6.07) is 12.3. The Bertz CT molecular complexity index is 829. The van der Waals surface area contributed by atoms with Crippen molar-refractivity contribution >= 4 is 0 Å². The van der Waals surface area contributed by atoms with Crippen molar-refractivity contribution in [2.45, 2.75) is 174 Å². The minimum atomic E-state index is 0.356. The third kappa shape index (κ3) is 16.9. The molecule has 0 aliphatic carbocycles. The number of hydrogen-bond donors (Lipinski definition) is 2. The van der Waals surface area contributed by atoms with Gasteiger partial charge < -0.3 is 10.2 Å². The van der Waals surface area contributed by atoms with Gasteiger partial charge in [-0.2, -0.15) is 0 Å². The molecule has 41 heavy (non-hydrogen) atoms. The van der Waals surface area contributed by atoms with Crippen molar-refractivity contribution in [3.8, 4) is 11.5 Å². The van der Waals surface area contributed by atoms with Crippen LogP contribution in [0.1, 0.15) is 177 Å². The lowest BCUT2D eigenvalue weighted by atomic mass is 9.97. The second-order valence-corrected chi connectivity index (χ2v) is 12.7. The zero-order valence-electron chi connectivity index (χ0n) is 27.0. The van der Waals surface area contributed by atoms with Crippen molar-refractivity contribution in [2.75, 3.05) is 0 Å². The largest absolute Gasteiger partial charge is 0.508 e. The lowest BCUT2D eigenvalue weighted by Gasteiger charge is -2.11. The van der Waals surface area contributed by atoms with Crippen LogP contribution >= 0.6 is 0 Å². The van der Waals surface area contributed by atoms with Gasteiger partial charge in [0.15, 0.2) is 0 Å². The zero-order valence-corrected chi connectivity index (χ0v) is 27.0. The number of rotatable bonds is 26. The molecular formula is C39H64O2. The molecule has 2 N–H and O–H groups in total. The van der Waals surface area contributed by atoms with Gasteiger partial charge in [-0.25, -0.2) is 0 Å². The lowest BCUT2D eigenvalue weighted by Crippen LogP contribution is -1.94. The van der Waals surface area contributed by atoms with Crippen LogP contribution in [0.5, 0.6) is 11.5 Å². The van der Waals surface area contributed by atoms with Crippen LogP contribution < -0.4 is 0 Å². The first kappa shape index (κ1) is 35.2. The normalized spacial score (nSPS) is 11.4. The summed E-state index contributed by atoms with van der Waals surface area (Å²) in [6.45, 7) is 4.56. The smallest absolute Gasteiger partial charge is 0.119 e. The zero-order chi connectivity index (χ0) is 29.4. The van der Waals surface area contributed by atoms with Gasteiger partial charge in [-0.15, -0.1) is 0 Å². The van der Waals surface area contributed by atoms with Crippen LogP contribution in [0.15, 0.2) is 36.4 Å². The van der Waals surface area contributed by atoms with Crippen molar-refractivity contribution in [1.29, 1.82) is 0 Å². The second kappa shape index (κ2) is 23.6. The Morgan fingerprint density at radius 2 is 0.683 bits per heavy atom. The average molecular weight is 565 g/mol. The van der Waals surface area contributed by atoms with Gasteiger partial charge in [0, 0.05) is 6.42 Å². The molecule has 0 unspecified atom stereocenters. The standard InChI is InChI=1S/C39H64O2/c1-3-5-7-9-11-13-15-17-19-21-23-25-34-27-29-36(38(40)31-34)33-37-30-28-35(32-39(37)41)26-24-22-20-18-16-14-12-10-8-6-4-2/h27-32,40-41H,3-26,33H2,1-2H3. The fourth-order valence-electron chi connectivity index (χ4n) is 6.02. The highest BCUT2D eigenvalue weighted by atomic mass is 16.3. The summed E-state index contributed by atoms with van der Waals surface area (Å²) < 4.78 is 0. The van der Waals surface area contributed by atoms with E-state index in [-0.39, 0.29) is 0 Å². The van der Waals surface area contributed by atoms with Crippen LogP contribution in [0.25, 0.3) is 0 Å². The summed E-state index contributed by atoms with van der Waals surface area (Å²) >= 11 is 0. The van der Waals surface area contributed by atoms with E-state index in [1.54, 1.807) is 0 Å². The molecule has 0 fully saturated rings. The number of benzene rings is 2. The highest BCUT2D eigenvalue weighted by molar-refractivity contribution is 5.44. The Balaban J connectivity index is 1.59. The Kier molecular flexibility index (Phi) is 20.3. The fraction of sp³-hybridized carbons (Fsp3) is 0.692. The summed E-state index contributed by atoms with van der Waals surface area (Å²) in [7, 11) is 0. The SMILES string of the molecule is CCCCCCCCCCCCCc1ccc(Cc2ccc(CCCCCCCCCCCCC)cc2O)c(O)c1. The molecule has 0 bridgehead atoms. The van der Waals surface area contributed by atoms with Crippen molar-refractivity contribution in [3.63, 3.8) is 0 Å². The Morgan fingerprint density at radius 3 is 0.976 bits per heavy atom. The summed E-state index contributed by atoms with van der Waals surface area (Å²) in [4.78, 5) is 0. The van der Waals surface area contributed by atoms with Gasteiger partial charge in [-0.3, -0.25) is 0 Å². The van der Waals surface area contributed by atoms with E-state index in [0.717, 1.165) is 24.0 Å². The molecule has 0 heterocycles. The molecule has 0 spiro atoms. The van der Waals surface area contributed by atoms with Crippen LogP contribution in [0.3, 0.4) is 0 Å². The first-order chi connectivity index (χ1) is 20.1. The molecule has 232 valence electrons. The van der Waals surface area contributed by atoms with Gasteiger partial charge in [-0.05, 0) is 60.1 Å². The minimum absolute atomic E-state index is 0.356. The summed E-state index contributed by atoms with van der Waals surface area (Å²) in [6.07, 6.45) is 32.4. The molecule has 0 aliphatic rings. The highest BCUT2D eigenvalue weighted by Gasteiger charge is 2.09. The van der Waals surface area contributed by atoms with Crippen LogP contribution in [0.2, 0.25) is 0 Å². The average Bonchev–Trinajstić information content (AvgIpc) is 2.97. The van der Waals surface area contributed by atoms with Crippen LogP contribution in [-0.2, 0) is 19.3 Å². The van der Waals surface area contributed by atoms with E-state index in [4.69, 9.17) is 0 Å². The maximum Gasteiger partial charge on any atom is 0.119 e. The van der Waals surface area contributed by atoms with Crippen LogP contribution in [0, 0.1) is 0 Å². The van der Waals surface area contributed by atoms with E-state index < -0.39 is 0 Å². The van der Waals surface area contributed by atoms with Crippen molar-refractivity contribution in [3.05, 3.63) is 58.7 Å². The van der Waals surface area contributed by atoms with Gasteiger partial charge in [0.05, 0.1) is 0 Å². The first-order valence-electron chi connectivity index (χ1n) is 17.8. The van der Waals surface area contributed by atoms with Crippen molar-refractivity contribution in [2.24, 2.45) is 0 Å². The van der Waals surface area contributed by atoms with E-state index >= 15 is 0 Å². The Labute approximate surface area is 254 Å². The summed E-state index contributed by atoms with van der Waals surface area (Å²) in [5.74, 6) is 0.713. The molecule has 0 saturated carbocycles. The molecule has 2 heteroatoms. The topological polar surface area (TPSA) is 40.5 Å². The van der Waals surface area contributed by atoms with Crippen molar-refractivity contribution < 1.29 is 10.2 Å². The third-order valence-corrected chi connectivity index (χ3v) is 8.82. The highest BCUT2D eigenvalue weighted by Crippen LogP contribution is 2.28. The molecule has 2 aromatic carbocycles. The van der Waals surface area contributed by atoms with E-state index in [1.165, 1.54) is 152 Å². The number of phenolic OH excluding ortho intramolecular Hbond substituents is 2. The van der Waals surface area contributed by atoms with E-state index in [0.29, 0.717) is 17.9 Å². The van der Waals surface area contributed by atoms with Gasteiger partial charge in [0.25, 0.3) is 0 Å². The van der Waals surface area contributed by atoms with E-state index in [9.17, 15) is 10.2 Å². The predicted molar refractivity (Wildman–Crippen MR) is 179 cm³/mol. The number of aryl methyl sites for hydroxylation is 2. The molecule has 0 atom stereocenters. The minimum Gasteiger partial charge on any atom is -0.508 e. The Morgan fingerprint density at radius 1 is 0.390 bits per heavy atom. The van der Waals surface area contributed by atoms with Gasteiger partial charge >= 0.3 is 0 Å². The van der Waals surface area contributed by atoms with Crippen LogP contribution in [-0.4, -0.2) is 10.2 Å². The number of phenols is 2. The maximum absolute atomic E-state index is 10.7. The third-order valence-electron chi connectivity index (χ3n) is 8.82. The molecule has 0 radical (unpaired) electrons. The quantitative estimate of drug-likeness (QED) is 0.112.